The maximum Gasteiger partial charge on any atom is 0.0957 e. The third kappa shape index (κ3) is 3.66. The van der Waals surface area contributed by atoms with E-state index in [2.05, 4.69) is 26.1 Å². The summed E-state index contributed by atoms with van der Waals surface area (Å²) < 4.78 is 5.77. The Morgan fingerprint density at radius 3 is 3.00 bits per heavy atom. The molecule has 1 aromatic rings. The SMILES string of the molecule is CCCNC1CC(C)(C)Cc2nc(CC3CCCO3)sc21. The van der Waals surface area contributed by atoms with Crippen LogP contribution in [0.3, 0.4) is 0 Å². The van der Waals surface area contributed by atoms with E-state index in [1.165, 1.54) is 41.3 Å². The van der Waals surface area contributed by atoms with Crippen molar-refractivity contribution in [2.45, 2.75) is 71.4 Å². The predicted octanol–water partition coefficient (Wildman–Crippen LogP) is 3.88. The molecule has 1 aliphatic carbocycles. The average Bonchev–Trinajstić information content (AvgIpc) is 3.04. The third-order valence-corrected chi connectivity index (χ3v) is 5.79. The van der Waals surface area contributed by atoms with E-state index in [9.17, 15) is 0 Å². The lowest BCUT2D eigenvalue weighted by Crippen LogP contribution is -2.33. The summed E-state index contributed by atoms with van der Waals surface area (Å²) in [6.07, 6.45) is 7.37. The third-order valence-electron chi connectivity index (χ3n) is 4.56. The van der Waals surface area contributed by atoms with E-state index in [1.807, 2.05) is 11.3 Å². The highest BCUT2D eigenvalue weighted by molar-refractivity contribution is 7.11. The van der Waals surface area contributed by atoms with Crippen molar-refractivity contribution in [3.63, 3.8) is 0 Å². The van der Waals surface area contributed by atoms with Crippen molar-refractivity contribution in [1.29, 1.82) is 0 Å². The predicted molar refractivity (Wildman–Crippen MR) is 87.9 cm³/mol. The second kappa shape index (κ2) is 6.35. The molecule has 118 valence electrons. The second-order valence-electron chi connectivity index (χ2n) is 7.31. The van der Waals surface area contributed by atoms with Gasteiger partial charge in [0.2, 0.25) is 0 Å². The molecule has 21 heavy (non-hydrogen) atoms. The first-order chi connectivity index (χ1) is 10.1. The van der Waals surface area contributed by atoms with Crippen LogP contribution in [0.1, 0.15) is 68.1 Å². The summed E-state index contributed by atoms with van der Waals surface area (Å²) in [5.74, 6) is 0. The van der Waals surface area contributed by atoms with Gasteiger partial charge in [-0.3, -0.25) is 0 Å². The molecule has 0 amide bonds. The van der Waals surface area contributed by atoms with Crippen LogP contribution < -0.4 is 5.32 Å². The fraction of sp³-hybridized carbons (Fsp3) is 0.824. The first-order valence-corrected chi connectivity index (χ1v) is 9.22. The monoisotopic (exact) mass is 308 g/mol. The summed E-state index contributed by atoms with van der Waals surface area (Å²) in [5, 5.41) is 5.01. The van der Waals surface area contributed by atoms with Gasteiger partial charge in [0, 0.05) is 23.9 Å². The summed E-state index contributed by atoms with van der Waals surface area (Å²) in [5.41, 5.74) is 1.70. The van der Waals surface area contributed by atoms with Crippen LogP contribution in [0.5, 0.6) is 0 Å². The van der Waals surface area contributed by atoms with Crippen molar-refractivity contribution < 1.29 is 4.74 Å². The quantitative estimate of drug-likeness (QED) is 0.896. The summed E-state index contributed by atoms with van der Waals surface area (Å²) in [7, 11) is 0. The van der Waals surface area contributed by atoms with Crippen LogP contribution in [-0.2, 0) is 17.6 Å². The maximum atomic E-state index is 5.77. The lowest BCUT2D eigenvalue weighted by Gasteiger charge is -2.34. The van der Waals surface area contributed by atoms with Crippen LogP contribution >= 0.6 is 11.3 Å². The molecule has 1 fully saturated rings. The number of hydrogen-bond donors (Lipinski definition) is 1. The zero-order valence-corrected chi connectivity index (χ0v) is 14.4. The Balaban J connectivity index is 1.77. The second-order valence-corrected chi connectivity index (χ2v) is 8.42. The van der Waals surface area contributed by atoms with Crippen LogP contribution in [-0.4, -0.2) is 24.2 Å². The lowest BCUT2D eigenvalue weighted by molar-refractivity contribution is 0.111. The molecule has 0 saturated carbocycles. The molecular formula is C17H28N2OS. The number of nitrogens with one attached hydrogen (secondary N) is 1. The number of nitrogens with zero attached hydrogens (tertiary/aromatic N) is 1. The van der Waals surface area contributed by atoms with Crippen molar-refractivity contribution in [3.8, 4) is 0 Å². The van der Waals surface area contributed by atoms with Crippen molar-refractivity contribution in [2.24, 2.45) is 5.41 Å². The average molecular weight is 308 g/mol. The van der Waals surface area contributed by atoms with Crippen LogP contribution in [0.15, 0.2) is 0 Å². The first kappa shape index (κ1) is 15.4. The number of aromatic nitrogens is 1. The number of fused-ring (bicyclic) bond motifs is 1. The summed E-state index contributed by atoms with van der Waals surface area (Å²) >= 11 is 1.93. The van der Waals surface area contributed by atoms with Crippen LogP contribution in [0.25, 0.3) is 0 Å². The molecule has 0 aromatic carbocycles. The summed E-state index contributed by atoms with van der Waals surface area (Å²) in [6, 6.07) is 0.499. The maximum absolute atomic E-state index is 5.77. The van der Waals surface area contributed by atoms with Gasteiger partial charge in [-0.2, -0.15) is 0 Å². The Morgan fingerprint density at radius 2 is 2.29 bits per heavy atom. The van der Waals surface area contributed by atoms with Crippen LogP contribution in [0.2, 0.25) is 0 Å². The van der Waals surface area contributed by atoms with Gasteiger partial charge in [0.15, 0.2) is 0 Å². The molecule has 2 heterocycles. The van der Waals surface area contributed by atoms with Gasteiger partial charge in [-0.05, 0) is 44.1 Å². The zero-order chi connectivity index (χ0) is 14.9. The lowest BCUT2D eigenvalue weighted by atomic mass is 9.76. The normalized spacial score (nSPS) is 27.8. The highest BCUT2D eigenvalue weighted by Crippen LogP contribution is 2.43. The molecule has 0 radical (unpaired) electrons. The smallest absolute Gasteiger partial charge is 0.0957 e. The molecule has 2 unspecified atom stereocenters. The topological polar surface area (TPSA) is 34.2 Å². The van der Waals surface area contributed by atoms with Gasteiger partial charge in [-0.25, -0.2) is 4.98 Å². The van der Waals surface area contributed by atoms with E-state index in [0.717, 1.165) is 26.0 Å². The molecule has 0 spiro atoms. The minimum Gasteiger partial charge on any atom is -0.378 e. The van der Waals surface area contributed by atoms with Gasteiger partial charge in [0.1, 0.15) is 0 Å². The molecule has 1 N–H and O–H groups in total. The Labute approximate surface area is 132 Å². The van der Waals surface area contributed by atoms with Gasteiger partial charge in [0.05, 0.1) is 16.8 Å². The van der Waals surface area contributed by atoms with Gasteiger partial charge in [-0.1, -0.05) is 20.8 Å². The number of thiazole rings is 1. The van der Waals surface area contributed by atoms with Gasteiger partial charge >= 0.3 is 0 Å². The molecular weight excluding hydrogens is 280 g/mol. The fourth-order valence-electron chi connectivity index (χ4n) is 3.55. The van der Waals surface area contributed by atoms with Crippen molar-refractivity contribution in [2.75, 3.05) is 13.2 Å². The zero-order valence-electron chi connectivity index (χ0n) is 13.6. The van der Waals surface area contributed by atoms with E-state index < -0.39 is 0 Å². The van der Waals surface area contributed by atoms with Crippen LogP contribution in [0, 0.1) is 5.41 Å². The molecule has 3 nitrogen and oxygen atoms in total. The Morgan fingerprint density at radius 1 is 1.43 bits per heavy atom. The Kier molecular flexibility index (Phi) is 4.67. The largest absolute Gasteiger partial charge is 0.378 e. The van der Waals surface area contributed by atoms with E-state index in [1.54, 1.807) is 0 Å². The number of ether oxygens (including phenoxy) is 1. The van der Waals surface area contributed by atoms with E-state index in [-0.39, 0.29) is 0 Å². The summed E-state index contributed by atoms with van der Waals surface area (Å²) in [6.45, 7) is 9.01. The summed E-state index contributed by atoms with van der Waals surface area (Å²) in [4.78, 5) is 6.46. The highest BCUT2D eigenvalue weighted by atomic mass is 32.1. The molecule has 1 aliphatic heterocycles. The Hall–Kier alpha value is -0.450. The minimum atomic E-state index is 0.355. The first-order valence-electron chi connectivity index (χ1n) is 8.41. The molecule has 1 saturated heterocycles. The molecule has 2 atom stereocenters. The standard InChI is InChI=1S/C17H28N2OS/c1-4-7-18-13-10-17(2,3)11-14-16(13)21-15(19-14)9-12-6-5-8-20-12/h12-13,18H,4-11H2,1-3H3. The van der Waals surface area contributed by atoms with Gasteiger partial charge < -0.3 is 10.1 Å². The van der Waals surface area contributed by atoms with Crippen molar-refractivity contribution in [3.05, 3.63) is 15.6 Å². The molecule has 0 bridgehead atoms. The van der Waals surface area contributed by atoms with Crippen LogP contribution in [0.4, 0.5) is 0 Å². The molecule has 3 rings (SSSR count). The van der Waals surface area contributed by atoms with Gasteiger partial charge in [0.25, 0.3) is 0 Å². The molecule has 1 aromatic heterocycles. The van der Waals surface area contributed by atoms with E-state index in [4.69, 9.17) is 9.72 Å². The Bertz CT molecular complexity index is 477. The fourth-order valence-corrected chi connectivity index (χ4v) is 4.78. The van der Waals surface area contributed by atoms with E-state index >= 15 is 0 Å². The molecule has 4 heteroatoms. The van der Waals surface area contributed by atoms with Gasteiger partial charge in [-0.15, -0.1) is 11.3 Å². The number of rotatable bonds is 5. The number of hydrogen-bond acceptors (Lipinski definition) is 4. The highest BCUT2D eigenvalue weighted by Gasteiger charge is 2.35. The van der Waals surface area contributed by atoms with E-state index in [0.29, 0.717) is 17.6 Å². The minimum absolute atomic E-state index is 0.355. The molecule has 2 aliphatic rings. The van der Waals surface area contributed by atoms with Crippen molar-refractivity contribution in [1.82, 2.24) is 10.3 Å². The van der Waals surface area contributed by atoms with Crippen molar-refractivity contribution >= 4 is 11.3 Å².